The number of imidazole rings is 1. The number of anilines is 1. The third-order valence-corrected chi connectivity index (χ3v) is 6.25. The Morgan fingerprint density at radius 1 is 1.29 bits per heavy atom. The average Bonchev–Trinajstić information content (AvgIpc) is 3.46. The van der Waals surface area contributed by atoms with Crippen LogP contribution in [0.5, 0.6) is 0 Å². The predicted molar refractivity (Wildman–Crippen MR) is 137 cm³/mol. The molecule has 13 heteroatoms. The molecular formula is C25H35N7O6. The van der Waals surface area contributed by atoms with E-state index in [1.165, 1.54) is 6.33 Å². The van der Waals surface area contributed by atoms with Crippen LogP contribution < -0.4 is 11.1 Å². The monoisotopic (exact) mass is 529 g/mol. The number of carbonyl (C=O) groups excluding carboxylic acids is 2. The zero-order valence-electron chi connectivity index (χ0n) is 21.9. The summed E-state index contributed by atoms with van der Waals surface area (Å²) in [7, 11) is 0. The van der Waals surface area contributed by atoms with E-state index in [4.69, 9.17) is 19.9 Å². The molecule has 4 rings (SSSR count). The predicted octanol–water partition coefficient (Wildman–Crippen LogP) is 0.818. The van der Waals surface area contributed by atoms with Gasteiger partial charge in [-0.25, -0.2) is 19.7 Å². The molecule has 0 saturated carbocycles. The fourth-order valence-electron chi connectivity index (χ4n) is 4.41. The fraction of sp³-hybridized carbons (Fsp3) is 0.640. The van der Waals surface area contributed by atoms with Crippen molar-refractivity contribution in [2.75, 3.05) is 38.6 Å². The molecule has 0 bridgehead atoms. The van der Waals surface area contributed by atoms with Crippen LogP contribution in [0, 0.1) is 17.8 Å². The molecule has 0 aliphatic carbocycles. The summed E-state index contributed by atoms with van der Waals surface area (Å²) in [4.78, 5) is 39.4. The second-order valence-electron chi connectivity index (χ2n) is 9.68. The first kappa shape index (κ1) is 27.6. The number of nitrogens with one attached hydrogen (secondary N) is 1. The molecule has 0 aromatic carbocycles. The van der Waals surface area contributed by atoms with Crippen molar-refractivity contribution in [3.05, 3.63) is 12.2 Å². The number of ether oxygens (including phenoxy) is 3. The van der Waals surface area contributed by atoms with Gasteiger partial charge in [0.2, 0.25) is 5.82 Å². The molecule has 2 aromatic heterocycles. The van der Waals surface area contributed by atoms with E-state index >= 15 is 0 Å². The van der Waals surface area contributed by atoms with E-state index in [1.807, 2.05) is 13.8 Å². The fourth-order valence-corrected chi connectivity index (χ4v) is 4.41. The summed E-state index contributed by atoms with van der Waals surface area (Å²) in [5.74, 6) is 5.47. The number of nitrogens with two attached hydrogens (primary N) is 1. The molecule has 2 aliphatic heterocycles. The molecule has 4 unspecified atom stereocenters. The second-order valence-corrected chi connectivity index (χ2v) is 9.68. The number of hydrogen-bond donors (Lipinski definition) is 3. The molecule has 2 aromatic rings. The van der Waals surface area contributed by atoms with E-state index in [2.05, 4.69) is 32.1 Å². The van der Waals surface area contributed by atoms with Gasteiger partial charge in [0.1, 0.15) is 17.7 Å². The summed E-state index contributed by atoms with van der Waals surface area (Å²) in [6.07, 6.45) is 0.00893. The highest BCUT2D eigenvalue weighted by atomic mass is 16.6. The van der Waals surface area contributed by atoms with Crippen molar-refractivity contribution in [1.29, 1.82) is 0 Å². The number of aromatic nitrogens is 4. The number of piperidine rings is 1. The molecule has 2 amide bonds. The Balaban J connectivity index is 1.55. The van der Waals surface area contributed by atoms with E-state index in [0.717, 1.165) is 19.3 Å². The normalized spacial score (nSPS) is 23.3. The molecule has 38 heavy (non-hydrogen) atoms. The van der Waals surface area contributed by atoms with Gasteiger partial charge in [-0.15, -0.1) is 0 Å². The van der Waals surface area contributed by atoms with Gasteiger partial charge in [0.25, 0.3) is 5.91 Å². The molecule has 206 valence electrons. The van der Waals surface area contributed by atoms with Gasteiger partial charge >= 0.3 is 6.09 Å². The zero-order valence-corrected chi connectivity index (χ0v) is 21.9. The van der Waals surface area contributed by atoms with Crippen LogP contribution in [0.1, 0.15) is 52.1 Å². The minimum Gasteiger partial charge on any atom is -0.436 e. The first-order valence-electron chi connectivity index (χ1n) is 12.9. The van der Waals surface area contributed by atoms with Crippen molar-refractivity contribution in [2.24, 2.45) is 5.92 Å². The number of likely N-dealkylation sites (N-methyl/N-ethyl adjacent to an activating group) is 1. The third-order valence-electron chi connectivity index (χ3n) is 6.25. The minimum absolute atomic E-state index is 0.0989. The van der Waals surface area contributed by atoms with Crippen molar-refractivity contribution in [2.45, 2.75) is 64.6 Å². The lowest BCUT2D eigenvalue weighted by Gasteiger charge is -2.25. The maximum atomic E-state index is 12.5. The highest BCUT2D eigenvalue weighted by molar-refractivity contribution is 5.83. The maximum Gasteiger partial charge on any atom is 0.410 e. The Kier molecular flexibility index (Phi) is 8.98. The summed E-state index contributed by atoms with van der Waals surface area (Å²) >= 11 is 0. The van der Waals surface area contributed by atoms with E-state index in [9.17, 15) is 14.7 Å². The molecular weight excluding hydrogens is 494 g/mol. The van der Waals surface area contributed by atoms with Gasteiger partial charge in [0.05, 0.1) is 6.33 Å². The van der Waals surface area contributed by atoms with E-state index in [1.54, 1.807) is 16.4 Å². The molecule has 4 N–H and O–H groups in total. The van der Waals surface area contributed by atoms with Gasteiger partial charge < -0.3 is 35.3 Å². The lowest BCUT2D eigenvalue weighted by Crippen LogP contribution is -2.43. The van der Waals surface area contributed by atoms with Crippen molar-refractivity contribution < 1.29 is 28.9 Å². The first-order chi connectivity index (χ1) is 18.3. The van der Waals surface area contributed by atoms with Crippen LogP contribution in [0.2, 0.25) is 0 Å². The molecule has 13 nitrogen and oxygen atoms in total. The van der Waals surface area contributed by atoms with Gasteiger partial charge in [0, 0.05) is 26.2 Å². The van der Waals surface area contributed by atoms with Crippen molar-refractivity contribution in [3.8, 4) is 11.8 Å². The standard InChI is InChI=1S/C25H35N7O6/c1-4-27-23(34)19-18(33)20(37-13-15(2)3)24(38-19)32-14-28-17-21(26)29-16(30-22(17)32)9-8-12-36-25(35)31-10-6-5-7-11-31/h14-15,18-20,24,33H,4-7,10-13H2,1-3H3,(H,27,34)(H2,26,29,30). The Bertz CT molecular complexity index is 1200. The molecule has 2 fully saturated rings. The largest absolute Gasteiger partial charge is 0.436 e. The average molecular weight is 530 g/mol. The Morgan fingerprint density at radius 2 is 2.05 bits per heavy atom. The third kappa shape index (κ3) is 6.15. The number of hydrogen-bond acceptors (Lipinski definition) is 10. The summed E-state index contributed by atoms with van der Waals surface area (Å²) in [6.45, 7) is 7.74. The number of nitrogen functional groups attached to an aromatic ring is 1. The van der Waals surface area contributed by atoms with Crippen molar-refractivity contribution in [3.63, 3.8) is 0 Å². The number of aliphatic hydroxyl groups excluding tert-OH is 1. The second kappa shape index (κ2) is 12.4. The Morgan fingerprint density at radius 3 is 2.76 bits per heavy atom. The van der Waals surface area contributed by atoms with Crippen LogP contribution in [0.25, 0.3) is 11.2 Å². The van der Waals surface area contributed by atoms with Crippen LogP contribution in [0.3, 0.4) is 0 Å². The van der Waals surface area contributed by atoms with E-state index < -0.39 is 30.4 Å². The quantitative estimate of drug-likeness (QED) is 0.437. The number of carbonyl (C=O) groups is 2. The Hall–Kier alpha value is -3.47. The van der Waals surface area contributed by atoms with Crippen molar-refractivity contribution >= 4 is 29.0 Å². The molecule has 4 heterocycles. The molecule has 2 aliphatic rings. The summed E-state index contributed by atoms with van der Waals surface area (Å²) in [5, 5.41) is 13.6. The van der Waals surface area contributed by atoms with Gasteiger partial charge in [-0.1, -0.05) is 19.8 Å². The number of aliphatic hydroxyl groups is 1. The number of likely N-dealkylation sites (tertiary alicyclic amines) is 1. The van der Waals surface area contributed by atoms with Crippen LogP contribution in [0.15, 0.2) is 6.33 Å². The number of fused-ring (bicyclic) bond motifs is 1. The Labute approximate surface area is 221 Å². The molecule has 4 atom stereocenters. The first-order valence-corrected chi connectivity index (χ1v) is 12.9. The topological polar surface area (TPSA) is 167 Å². The minimum atomic E-state index is -1.21. The van der Waals surface area contributed by atoms with Crippen LogP contribution >= 0.6 is 0 Å². The lowest BCUT2D eigenvalue weighted by atomic mass is 10.1. The van der Waals surface area contributed by atoms with Gasteiger partial charge in [-0.3, -0.25) is 9.36 Å². The molecule has 0 spiro atoms. The van der Waals surface area contributed by atoms with Crippen LogP contribution in [-0.4, -0.2) is 92.7 Å². The highest BCUT2D eigenvalue weighted by Crippen LogP contribution is 2.34. The number of rotatable bonds is 7. The number of amides is 2. The zero-order chi connectivity index (χ0) is 27.2. The van der Waals surface area contributed by atoms with Gasteiger partial charge in [0.15, 0.2) is 30.4 Å². The lowest BCUT2D eigenvalue weighted by molar-refractivity contribution is -0.137. The summed E-state index contributed by atoms with van der Waals surface area (Å²) < 4.78 is 18.8. The summed E-state index contributed by atoms with van der Waals surface area (Å²) in [6, 6.07) is 0. The van der Waals surface area contributed by atoms with Gasteiger partial charge in [-0.05, 0) is 38.0 Å². The smallest absolute Gasteiger partial charge is 0.410 e. The van der Waals surface area contributed by atoms with E-state index in [-0.39, 0.29) is 30.3 Å². The van der Waals surface area contributed by atoms with E-state index in [0.29, 0.717) is 37.4 Å². The SMILES string of the molecule is CCNC(=O)C1OC(n2cnc3c(N)nc(C#CCOC(=O)N4CCCCC4)nc32)C(OCC(C)C)C1O. The van der Waals surface area contributed by atoms with Crippen molar-refractivity contribution in [1.82, 2.24) is 29.7 Å². The molecule has 2 saturated heterocycles. The van der Waals surface area contributed by atoms with Crippen LogP contribution in [-0.2, 0) is 19.0 Å². The highest BCUT2D eigenvalue weighted by Gasteiger charge is 2.49. The maximum absolute atomic E-state index is 12.5. The number of nitrogens with zero attached hydrogens (tertiary/aromatic N) is 5. The summed E-state index contributed by atoms with van der Waals surface area (Å²) in [5.41, 5.74) is 6.74. The van der Waals surface area contributed by atoms with Crippen LogP contribution in [0.4, 0.5) is 10.6 Å². The van der Waals surface area contributed by atoms with Gasteiger partial charge in [-0.2, -0.15) is 0 Å². The molecule has 0 radical (unpaired) electrons.